The highest BCUT2D eigenvalue weighted by Crippen LogP contribution is 2.34. The molecule has 1 aromatic carbocycles. The highest BCUT2D eigenvalue weighted by molar-refractivity contribution is 5.85. The predicted molar refractivity (Wildman–Crippen MR) is 99.7 cm³/mol. The minimum Gasteiger partial charge on any atom is -0.308 e. The van der Waals surface area contributed by atoms with E-state index in [1.165, 1.54) is 6.07 Å². The molecule has 0 fully saturated rings. The Morgan fingerprint density at radius 3 is 2.88 bits per heavy atom. The summed E-state index contributed by atoms with van der Waals surface area (Å²) in [5.74, 6) is -0.227. The lowest BCUT2D eigenvalue weighted by Gasteiger charge is -2.28. The van der Waals surface area contributed by atoms with Crippen LogP contribution in [0.1, 0.15) is 17.5 Å². The van der Waals surface area contributed by atoms with E-state index in [1.54, 1.807) is 25.3 Å². The lowest BCUT2D eigenvalue weighted by atomic mass is 9.96. The fourth-order valence-electron chi connectivity index (χ4n) is 3.20. The van der Waals surface area contributed by atoms with Crippen LogP contribution in [0.2, 0.25) is 0 Å². The van der Waals surface area contributed by atoms with E-state index in [9.17, 15) is 9.65 Å². The summed E-state index contributed by atoms with van der Waals surface area (Å²) in [7, 11) is 0. The third-order valence-electron chi connectivity index (χ3n) is 4.54. The summed E-state index contributed by atoms with van der Waals surface area (Å²) in [6.45, 7) is 1.75. The predicted octanol–water partition coefficient (Wildman–Crippen LogP) is 5.10. The van der Waals surface area contributed by atoms with Crippen molar-refractivity contribution < 1.29 is 4.39 Å². The van der Waals surface area contributed by atoms with Crippen molar-refractivity contribution in [3.05, 3.63) is 95.4 Å². The number of nitrogens with zero attached hydrogens (tertiary/aromatic N) is 3. The molecular formula is C22H16FN3. The molecule has 26 heavy (non-hydrogen) atoms. The molecule has 0 bridgehead atoms. The van der Waals surface area contributed by atoms with E-state index in [0.29, 0.717) is 11.3 Å². The van der Waals surface area contributed by atoms with Gasteiger partial charge in [0.05, 0.1) is 5.69 Å². The van der Waals surface area contributed by atoms with Gasteiger partial charge >= 0.3 is 0 Å². The average molecular weight is 341 g/mol. The van der Waals surface area contributed by atoms with Crippen molar-refractivity contribution in [2.24, 2.45) is 0 Å². The Balaban J connectivity index is 1.81. The second-order valence-corrected chi connectivity index (χ2v) is 6.22. The van der Waals surface area contributed by atoms with E-state index in [2.05, 4.69) is 17.1 Å². The lowest BCUT2D eigenvalue weighted by molar-refractivity contribution is 0.598. The fourth-order valence-corrected chi connectivity index (χ4v) is 3.20. The molecule has 0 aliphatic carbocycles. The second kappa shape index (κ2) is 6.45. The van der Waals surface area contributed by atoms with Crippen LogP contribution in [0.3, 0.4) is 0 Å². The summed E-state index contributed by atoms with van der Waals surface area (Å²) in [6.07, 6.45) is 12.5. The molecule has 0 saturated heterocycles. The number of nitriles is 1. The van der Waals surface area contributed by atoms with Gasteiger partial charge in [0.25, 0.3) is 0 Å². The Labute approximate surface area is 151 Å². The van der Waals surface area contributed by atoms with Gasteiger partial charge in [0, 0.05) is 34.8 Å². The van der Waals surface area contributed by atoms with E-state index in [-0.39, 0.29) is 5.82 Å². The Kier molecular flexibility index (Phi) is 3.98. The number of hydrogen-bond donors (Lipinski definition) is 0. The van der Waals surface area contributed by atoms with E-state index < -0.39 is 0 Å². The number of pyridine rings is 1. The molecular weight excluding hydrogens is 325 g/mol. The summed E-state index contributed by atoms with van der Waals surface area (Å²) in [5.41, 5.74) is 5.75. The first-order valence-electron chi connectivity index (χ1n) is 8.39. The monoisotopic (exact) mass is 341 g/mol. The van der Waals surface area contributed by atoms with Crippen LogP contribution in [-0.2, 0) is 0 Å². The van der Waals surface area contributed by atoms with Crippen LogP contribution in [0.15, 0.2) is 78.4 Å². The van der Waals surface area contributed by atoms with Crippen LogP contribution in [0, 0.1) is 24.1 Å². The quantitative estimate of drug-likeness (QED) is 0.762. The molecule has 1 aromatic heterocycles. The van der Waals surface area contributed by atoms with E-state index in [1.807, 2.05) is 41.5 Å². The van der Waals surface area contributed by atoms with Gasteiger partial charge in [0.2, 0.25) is 0 Å². The van der Waals surface area contributed by atoms with Gasteiger partial charge in [-0.05, 0) is 55.3 Å². The van der Waals surface area contributed by atoms with Crippen LogP contribution in [0.25, 0.3) is 16.8 Å². The van der Waals surface area contributed by atoms with E-state index in [4.69, 9.17) is 0 Å². The van der Waals surface area contributed by atoms with Gasteiger partial charge in [-0.2, -0.15) is 5.26 Å². The number of benzene rings is 1. The highest BCUT2D eigenvalue weighted by atomic mass is 19.1. The first kappa shape index (κ1) is 16.0. The second-order valence-electron chi connectivity index (χ2n) is 6.22. The molecule has 2 aliphatic rings. The van der Waals surface area contributed by atoms with Gasteiger partial charge in [-0.15, -0.1) is 0 Å². The van der Waals surface area contributed by atoms with Gasteiger partial charge in [0.15, 0.2) is 0 Å². The van der Waals surface area contributed by atoms with Gasteiger partial charge in [-0.25, -0.2) is 4.39 Å². The summed E-state index contributed by atoms with van der Waals surface area (Å²) in [5, 5.41) is 9.39. The first-order chi connectivity index (χ1) is 12.7. The zero-order valence-corrected chi connectivity index (χ0v) is 14.3. The van der Waals surface area contributed by atoms with Crippen molar-refractivity contribution in [2.75, 3.05) is 0 Å². The number of aryl methyl sites for hydroxylation is 1. The molecule has 2 aliphatic heterocycles. The van der Waals surface area contributed by atoms with Crippen LogP contribution in [-0.4, -0.2) is 9.88 Å². The minimum absolute atomic E-state index is 0.227. The molecule has 0 unspecified atom stereocenters. The number of rotatable bonds is 2. The molecule has 0 atom stereocenters. The molecule has 4 heteroatoms. The molecule has 3 heterocycles. The number of aromatic nitrogens is 1. The largest absolute Gasteiger partial charge is 0.308 e. The minimum atomic E-state index is -0.227. The molecule has 0 spiro atoms. The Hall–Kier alpha value is -3.45. The Morgan fingerprint density at radius 2 is 2.08 bits per heavy atom. The lowest BCUT2D eigenvalue weighted by Crippen LogP contribution is -2.19. The van der Waals surface area contributed by atoms with Gasteiger partial charge in [-0.1, -0.05) is 18.2 Å². The highest BCUT2D eigenvalue weighted by Gasteiger charge is 2.20. The van der Waals surface area contributed by atoms with Crippen molar-refractivity contribution in [1.29, 1.82) is 5.26 Å². The SMILES string of the molecule is Cc1cc(-c2ncccc2C2=CN3C(C#N)=CCC=C3C=C2)ccc1F. The van der Waals surface area contributed by atoms with Crippen molar-refractivity contribution in [2.45, 2.75) is 13.3 Å². The number of hydrogen-bond acceptors (Lipinski definition) is 3. The topological polar surface area (TPSA) is 39.9 Å². The van der Waals surface area contributed by atoms with Crippen LogP contribution in [0.5, 0.6) is 0 Å². The average Bonchev–Trinajstić information content (AvgIpc) is 2.69. The van der Waals surface area contributed by atoms with Crippen molar-refractivity contribution >= 4 is 5.57 Å². The maximum Gasteiger partial charge on any atom is 0.126 e. The maximum absolute atomic E-state index is 13.6. The van der Waals surface area contributed by atoms with Gasteiger partial charge < -0.3 is 4.90 Å². The Bertz CT molecular complexity index is 1050. The summed E-state index contributed by atoms with van der Waals surface area (Å²) < 4.78 is 13.6. The van der Waals surface area contributed by atoms with Crippen molar-refractivity contribution in [3.8, 4) is 17.3 Å². The summed E-state index contributed by atoms with van der Waals surface area (Å²) in [6, 6.07) is 11.1. The third-order valence-corrected chi connectivity index (χ3v) is 4.54. The third kappa shape index (κ3) is 2.74. The van der Waals surface area contributed by atoms with Crippen LogP contribution < -0.4 is 0 Å². The summed E-state index contributed by atoms with van der Waals surface area (Å²) >= 11 is 0. The molecule has 2 aromatic rings. The zero-order valence-electron chi connectivity index (χ0n) is 14.3. The van der Waals surface area contributed by atoms with Gasteiger partial charge in [-0.3, -0.25) is 4.98 Å². The van der Waals surface area contributed by atoms with Gasteiger partial charge in [0.1, 0.15) is 17.6 Å². The summed E-state index contributed by atoms with van der Waals surface area (Å²) in [4.78, 5) is 6.42. The van der Waals surface area contributed by atoms with Crippen LogP contribution in [0.4, 0.5) is 4.39 Å². The van der Waals surface area contributed by atoms with Crippen LogP contribution >= 0.6 is 0 Å². The van der Waals surface area contributed by atoms with Crippen molar-refractivity contribution in [1.82, 2.24) is 9.88 Å². The van der Waals surface area contributed by atoms with Crippen molar-refractivity contribution in [3.63, 3.8) is 0 Å². The molecule has 126 valence electrons. The molecule has 3 nitrogen and oxygen atoms in total. The molecule has 0 saturated carbocycles. The standard InChI is InChI=1S/C22H16FN3/c1-15-12-16(8-10-21(15)23)22-20(6-3-11-25-22)17-7-9-18-4-2-5-19(13-24)26(18)14-17/h3-12,14H,2H2,1H3. The normalized spacial score (nSPS) is 15.6. The number of halogens is 1. The number of allylic oxidation sites excluding steroid dienone is 6. The maximum atomic E-state index is 13.6. The smallest absolute Gasteiger partial charge is 0.126 e. The fraction of sp³-hybridized carbons (Fsp3) is 0.0909. The molecule has 4 rings (SSSR count). The molecule has 0 radical (unpaired) electrons. The number of fused-ring (bicyclic) bond motifs is 1. The zero-order chi connectivity index (χ0) is 18.1. The first-order valence-corrected chi connectivity index (χ1v) is 8.39. The molecule has 0 N–H and O–H groups in total. The van der Waals surface area contributed by atoms with E-state index >= 15 is 0 Å². The molecule has 0 amide bonds. The van der Waals surface area contributed by atoms with E-state index in [0.717, 1.165) is 34.5 Å². The Morgan fingerprint density at radius 1 is 1.19 bits per heavy atom.